The van der Waals surface area contributed by atoms with E-state index in [0.29, 0.717) is 11.1 Å². The van der Waals surface area contributed by atoms with E-state index in [9.17, 15) is 19.5 Å². The van der Waals surface area contributed by atoms with Crippen LogP contribution in [0.4, 0.5) is 5.69 Å². The van der Waals surface area contributed by atoms with Crippen LogP contribution in [0, 0.1) is 0 Å². The smallest absolute Gasteiger partial charge is 0.261 e. The number of hydrogen-bond acceptors (Lipinski definition) is 5. The van der Waals surface area contributed by atoms with Gasteiger partial charge in [0.25, 0.3) is 11.5 Å². The third kappa shape index (κ3) is 3.74. The predicted octanol–water partition coefficient (Wildman–Crippen LogP) is 6.91. The second-order valence-corrected chi connectivity index (χ2v) is 10.2. The fourth-order valence-corrected chi connectivity index (χ4v) is 5.61. The summed E-state index contributed by atoms with van der Waals surface area (Å²) in [5, 5.41) is 11.9. The number of nitrogens with one attached hydrogen (secondary N) is 1. The van der Waals surface area contributed by atoms with Crippen LogP contribution >= 0.6 is 46.4 Å². The molecule has 0 saturated carbocycles. The Balaban J connectivity index is 1.45. The van der Waals surface area contributed by atoms with Crippen molar-refractivity contribution in [1.29, 1.82) is 0 Å². The van der Waals surface area contributed by atoms with E-state index in [1.807, 2.05) is 24.3 Å². The van der Waals surface area contributed by atoms with Crippen molar-refractivity contribution in [2.45, 2.75) is 0 Å². The minimum absolute atomic E-state index is 0.0341. The number of Topliss-reactive ketones (excluding diaryl/α,β-unsaturated/α-hetero) is 1. The zero-order valence-electron chi connectivity index (χ0n) is 19.0. The number of nitrogens with zero attached hydrogens (tertiary/aromatic N) is 2. The average molecular weight is 585 g/mol. The Hall–Kier alpha value is -3.62. The molecule has 38 heavy (non-hydrogen) atoms. The van der Waals surface area contributed by atoms with Gasteiger partial charge in [0.05, 0.1) is 54.2 Å². The molecule has 188 valence electrons. The molecule has 0 fully saturated rings. The van der Waals surface area contributed by atoms with Crippen molar-refractivity contribution in [3.8, 4) is 17.1 Å². The van der Waals surface area contributed by atoms with Crippen LogP contribution in [0.2, 0.25) is 20.1 Å². The highest BCUT2D eigenvalue weighted by Crippen LogP contribution is 2.44. The summed E-state index contributed by atoms with van der Waals surface area (Å²) in [7, 11) is 0. The molecule has 1 aromatic heterocycles. The number of ketones is 1. The molecule has 0 spiro atoms. The largest absolute Gasteiger partial charge is 0.507 e. The van der Waals surface area contributed by atoms with Crippen LogP contribution in [0.15, 0.2) is 59.4 Å². The van der Waals surface area contributed by atoms with Gasteiger partial charge < -0.3 is 15.0 Å². The number of hydrogen-bond donors (Lipinski definition) is 2. The monoisotopic (exact) mass is 583 g/mol. The van der Waals surface area contributed by atoms with Gasteiger partial charge in [0, 0.05) is 5.69 Å². The number of anilines is 1. The molecule has 0 unspecified atom stereocenters. The maximum Gasteiger partial charge on any atom is 0.261 e. The number of aromatic hydroxyl groups is 1. The molecule has 7 nitrogen and oxygen atoms in total. The van der Waals surface area contributed by atoms with E-state index in [-0.39, 0.29) is 60.4 Å². The molecular weight excluding hydrogens is 572 g/mol. The number of aromatic amines is 1. The SMILES string of the molecule is O=C1CN(c2ccc3nc(-c4cc5ccccc5cc4O)[nH]c(=O)c3c2)C(=O)c2c(Cl)c(Cl)c(Cl)c(Cl)c21. The third-order valence-corrected chi connectivity index (χ3v) is 8.23. The van der Waals surface area contributed by atoms with Crippen molar-refractivity contribution in [3.63, 3.8) is 0 Å². The number of amides is 1. The molecule has 4 aromatic carbocycles. The minimum atomic E-state index is -0.619. The number of aromatic nitrogens is 2. The number of phenolic OH excluding ortho intramolecular Hbond substituents is 1. The normalized spacial score (nSPS) is 13.4. The van der Waals surface area contributed by atoms with Gasteiger partial charge in [0.15, 0.2) is 5.78 Å². The Bertz CT molecular complexity index is 1940. The number of halogens is 4. The van der Waals surface area contributed by atoms with Gasteiger partial charge in [-0.15, -0.1) is 0 Å². The first-order valence-corrected chi connectivity index (χ1v) is 12.6. The van der Waals surface area contributed by atoms with Crippen LogP contribution in [-0.4, -0.2) is 33.3 Å². The van der Waals surface area contributed by atoms with Crippen molar-refractivity contribution in [3.05, 3.63) is 96.2 Å². The van der Waals surface area contributed by atoms with Crippen molar-refractivity contribution in [1.82, 2.24) is 9.97 Å². The topological polar surface area (TPSA) is 103 Å². The van der Waals surface area contributed by atoms with Gasteiger partial charge in [-0.2, -0.15) is 0 Å². The van der Waals surface area contributed by atoms with Gasteiger partial charge in [0.2, 0.25) is 0 Å². The predicted molar refractivity (Wildman–Crippen MR) is 149 cm³/mol. The lowest BCUT2D eigenvalue weighted by Gasteiger charge is -2.29. The van der Waals surface area contributed by atoms with Crippen molar-refractivity contribution in [2.75, 3.05) is 11.4 Å². The second-order valence-electron chi connectivity index (χ2n) is 8.65. The summed E-state index contributed by atoms with van der Waals surface area (Å²) < 4.78 is 0. The highest BCUT2D eigenvalue weighted by molar-refractivity contribution is 6.54. The van der Waals surface area contributed by atoms with Gasteiger partial charge in [-0.1, -0.05) is 70.7 Å². The number of benzene rings is 4. The van der Waals surface area contributed by atoms with Crippen molar-refractivity contribution < 1.29 is 14.7 Å². The highest BCUT2D eigenvalue weighted by Gasteiger charge is 2.37. The van der Waals surface area contributed by atoms with Crippen LogP contribution in [0.25, 0.3) is 33.1 Å². The molecule has 0 saturated heterocycles. The quantitative estimate of drug-likeness (QED) is 0.173. The summed E-state index contributed by atoms with van der Waals surface area (Å²) in [5.74, 6) is -0.955. The average Bonchev–Trinajstić information content (AvgIpc) is 2.91. The molecule has 2 N–H and O–H groups in total. The number of fused-ring (bicyclic) bond motifs is 3. The van der Waals surface area contributed by atoms with Gasteiger partial charge in [-0.05, 0) is 41.1 Å². The van der Waals surface area contributed by atoms with E-state index in [1.165, 1.54) is 11.0 Å². The van der Waals surface area contributed by atoms with Crippen LogP contribution in [0.1, 0.15) is 20.7 Å². The maximum atomic E-state index is 13.4. The van der Waals surface area contributed by atoms with E-state index < -0.39 is 17.2 Å². The molecule has 0 aliphatic carbocycles. The minimum Gasteiger partial charge on any atom is -0.507 e. The Morgan fingerprint density at radius 1 is 0.816 bits per heavy atom. The summed E-state index contributed by atoms with van der Waals surface area (Å²) in [6.07, 6.45) is 0. The first kappa shape index (κ1) is 24.7. The summed E-state index contributed by atoms with van der Waals surface area (Å²) in [5.41, 5.74) is 0.221. The highest BCUT2D eigenvalue weighted by atomic mass is 35.5. The molecule has 0 atom stereocenters. The Morgan fingerprint density at radius 3 is 2.18 bits per heavy atom. The van der Waals surface area contributed by atoms with Gasteiger partial charge in [-0.25, -0.2) is 4.98 Å². The molecule has 0 bridgehead atoms. The Kier molecular flexibility index (Phi) is 5.85. The zero-order valence-corrected chi connectivity index (χ0v) is 22.0. The molecule has 5 aromatic rings. The van der Waals surface area contributed by atoms with E-state index in [2.05, 4.69) is 9.97 Å². The summed E-state index contributed by atoms with van der Waals surface area (Å²) in [4.78, 5) is 47.9. The standard InChI is InChI=1S/C27H13Cl4N3O4/c28-21-19-18(36)10-34(27(38)20(19)22(29)24(31)23(21)30)13-5-6-16-14(9-13)26(37)33-25(32-16)15-7-11-3-1-2-4-12(11)8-17(15)35/h1-9,35H,10H2,(H,32,33,37). The Morgan fingerprint density at radius 2 is 1.47 bits per heavy atom. The first-order valence-electron chi connectivity index (χ1n) is 11.1. The van der Waals surface area contributed by atoms with Crippen molar-refractivity contribution >= 4 is 85.5 Å². The molecule has 0 radical (unpaired) electrons. The van der Waals surface area contributed by atoms with Crippen LogP contribution < -0.4 is 10.5 Å². The molecule has 1 aliphatic heterocycles. The second kappa shape index (κ2) is 8.99. The fraction of sp³-hybridized carbons (Fsp3) is 0.0370. The molecular formula is C27H13Cl4N3O4. The third-order valence-electron chi connectivity index (χ3n) is 6.43. The molecule has 6 rings (SSSR count). The molecule has 1 aliphatic rings. The molecule has 2 heterocycles. The fourth-order valence-electron chi connectivity index (χ4n) is 4.57. The van der Waals surface area contributed by atoms with E-state index >= 15 is 0 Å². The lowest BCUT2D eigenvalue weighted by Crippen LogP contribution is -2.42. The first-order chi connectivity index (χ1) is 18.2. The van der Waals surface area contributed by atoms with Crippen LogP contribution in [0.3, 0.4) is 0 Å². The lowest BCUT2D eigenvalue weighted by atomic mass is 9.96. The van der Waals surface area contributed by atoms with Gasteiger partial charge in [0.1, 0.15) is 11.6 Å². The van der Waals surface area contributed by atoms with E-state index in [0.717, 1.165) is 10.8 Å². The number of rotatable bonds is 2. The summed E-state index contributed by atoms with van der Waals surface area (Å²) in [6.45, 7) is -0.347. The van der Waals surface area contributed by atoms with Gasteiger partial charge in [-0.3, -0.25) is 14.4 Å². The summed E-state index contributed by atoms with van der Waals surface area (Å²) >= 11 is 24.7. The van der Waals surface area contributed by atoms with Crippen LogP contribution in [0.5, 0.6) is 5.75 Å². The molecule has 1 amide bonds. The van der Waals surface area contributed by atoms with Crippen molar-refractivity contribution in [2.24, 2.45) is 0 Å². The lowest BCUT2D eigenvalue weighted by molar-refractivity contribution is 0.0911. The van der Waals surface area contributed by atoms with E-state index in [1.54, 1.807) is 24.3 Å². The zero-order chi connectivity index (χ0) is 26.9. The Labute approximate surface area is 234 Å². The summed E-state index contributed by atoms with van der Waals surface area (Å²) in [6, 6.07) is 15.4. The number of H-pyrrole nitrogens is 1. The number of carbonyl (C=O) groups excluding carboxylic acids is 2. The van der Waals surface area contributed by atoms with E-state index in [4.69, 9.17) is 46.4 Å². The molecule has 11 heteroatoms. The maximum absolute atomic E-state index is 13.4. The van der Waals surface area contributed by atoms with Crippen LogP contribution in [-0.2, 0) is 0 Å². The number of carbonyl (C=O) groups is 2. The number of phenols is 1. The van der Waals surface area contributed by atoms with Gasteiger partial charge >= 0.3 is 0 Å².